The van der Waals surface area contributed by atoms with Gasteiger partial charge < -0.3 is 5.11 Å². The first-order chi connectivity index (χ1) is 9.65. The first kappa shape index (κ1) is 12.8. The minimum atomic E-state index is -0.958. The Labute approximate surface area is 115 Å². The highest BCUT2D eigenvalue weighted by atomic mass is 19.1. The number of rotatable bonds is 3. The Morgan fingerprint density at radius 1 is 1.25 bits per heavy atom. The van der Waals surface area contributed by atoms with E-state index in [4.69, 9.17) is 0 Å². The summed E-state index contributed by atoms with van der Waals surface area (Å²) in [6.45, 7) is 0. The van der Waals surface area contributed by atoms with E-state index >= 15 is 0 Å². The summed E-state index contributed by atoms with van der Waals surface area (Å²) in [7, 11) is 0. The van der Waals surface area contributed by atoms with Gasteiger partial charge in [-0.25, -0.2) is 13.9 Å². The second-order valence-corrected chi connectivity index (χ2v) is 5.14. The van der Waals surface area contributed by atoms with Crippen LogP contribution in [0.2, 0.25) is 0 Å². The zero-order valence-electron chi connectivity index (χ0n) is 10.9. The molecule has 1 aromatic carbocycles. The van der Waals surface area contributed by atoms with E-state index in [1.807, 2.05) is 0 Å². The molecule has 1 fully saturated rings. The van der Waals surface area contributed by atoms with Crippen LogP contribution in [-0.2, 0) is 0 Å². The number of hydrogen-bond donors (Lipinski definition) is 1. The Morgan fingerprint density at radius 2 is 1.90 bits per heavy atom. The predicted octanol–water partition coefficient (Wildman–Crippen LogP) is 3.37. The number of aromatic carboxylic acids is 1. The number of nitrogens with zero attached hydrogens (tertiary/aromatic N) is 2. The first-order valence-electron chi connectivity index (χ1n) is 6.74. The summed E-state index contributed by atoms with van der Waals surface area (Å²) in [6, 6.07) is 5.86. The Kier molecular flexibility index (Phi) is 3.26. The van der Waals surface area contributed by atoms with Crippen LogP contribution in [0.25, 0.3) is 5.69 Å². The van der Waals surface area contributed by atoms with E-state index in [9.17, 15) is 14.3 Å². The average molecular weight is 274 g/mol. The van der Waals surface area contributed by atoms with Gasteiger partial charge in [0.1, 0.15) is 11.4 Å². The molecule has 0 spiro atoms. The van der Waals surface area contributed by atoms with Crippen LogP contribution in [0.15, 0.2) is 30.5 Å². The lowest BCUT2D eigenvalue weighted by Gasteiger charge is -2.06. The quantitative estimate of drug-likeness (QED) is 0.933. The molecule has 2 aromatic rings. The lowest BCUT2D eigenvalue weighted by Crippen LogP contribution is -2.03. The van der Waals surface area contributed by atoms with Gasteiger partial charge in [-0.1, -0.05) is 12.8 Å². The van der Waals surface area contributed by atoms with Crippen LogP contribution in [0.3, 0.4) is 0 Å². The van der Waals surface area contributed by atoms with Crippen molar-refractivity contribution in [1.82, 2.24) is 9.78 Å². The molecule has 0 unspecified atom stereocenters. The number of halogens is 1. The summed E-state index contributed by atoms with van der Waals surface area (Å²) in [6.07, 6.45) is 5.73. The second kappa shape index (κ2) is 5.07. The van der Waals surface area contributed by atoms with E-state index in [1.165, 1.54) is 23.0 Å². The normalized spacial score (nSPS) is 15.7. The lowest BCUT2D eigenvalue weighted by molar-refractivity contribution is 0.0695. The van der Waals surface area contributed by atoms with Gasteiger partial charge in [-0.15, -0.1) is 0 Å². The molecule has 1 saturated carbocycles. The number of carbonyl (C=O) groups is 1. The highest BCUT2D eigenvalue weighted by Gasteiger charge is 2.26. The molecule has 0 amide bonds. The van der Waals surface area contributed by atoms with Crippen molar-refractivity contribution in [3.63, 3.8) is 0 Å². The third kappa shape index (κ3) is 2.31. The molecule has 1 aliphatic rings. The van der Waals surface area contributed by atoms with E-state index in [1.54, 1.807) is 12.1 Å². The molecule has 1 aliphatic carbocycles. The molecule has 1 N–H and O–H groups in total. The molecule has 0 atom stereocenters. The molecule has 0 radical (unpaired) electrons. The lowest BCUT2D eigenvalue weighted by atomic mass is 10.0. The fourth-order valence-corrected chi connectivity index (χ4v) is 2.78. The molecule has 0 aliphatic heterocycles. The fraction of sp³-hybridized carbons (Fsp3) is 0.333. The number of carboxylic acid groups (broad SMARTS) is 1. The molecule has 5 heteroatoms. The Bertz CT molecular complexity index is 628. The van der Waals surface area contributed by atoms with Gasteiger partial charge in [-0.2, -0.15) is 5.10 Å². The molecule has 4 nitrogen and oxygen atoms in total. The van der Waals surface area contributed by atoms with Gasteiger partial charge >= 0.3 is 5.97 Å². The number of aromatic nitrogens is 2. The third-order valence-corrected chi connectivity index (χ3v) is 3.81. The largest absolute Gasteiger partial charge is 0.478 e. The third-order valence-electron chi connectivity index (χ3n) is 3.81. The van der Waals surface area contributed by atoms with Crippen LogP contribution >= 0.6 is 0 Å². The van der Waals surface area contributed by atoms with Crippen LogP contribution in [0.1, 0.15) is 47.7 Å². The van der Waals surface area contributed by atoms with Crippen molar-refractivity contribution in [3.8, 4) is 5.69 Å². The molecule has 0 bridgehead atoms. The molecule has 20 heavy (non-hydrogen) atoms. The zero-order valence-corrected chi connectivity index (χ0v) is 10.9. The van der Waals surface area contributed by atoms with Crippen molar-refractivity contribution < 1.29 is 14.3 Å². The van der Waals surface area contributed by atoms with E-state index in [0.717, 1.165) is 25.7 Å². The maximum absolute atomic E-state index is 12.9. The van der Waals surface area contributed by atoms with Crippen molar-refractivity contribution in [2.24, 2.45) is 0 Å². The van der Waals surface area contributed by atoms with Crippen molar-refractivity contribution >= 4 is 5.97 Å². The summed E-state index contributed by atoms with van der Waals surface area (Å²) in [5.41, 5.74) is 1.57. The maximum Gasteiger partial charge on any atom is 0.339 e. The SMILES string of the molecule is O=C(O)c1cn(-c2ccc(F)cc2)nc1C1CCCC1. The van der Waals surface area contributed by atoms with Gasteiger partial charge in [-0.3, -0.25) is 0 Å². The summed E-state index contributed by atoms with van der Waals surface area (Å²) >= 11 is 0. The van der Waals surface area contributed by atoms with E-state index in [0.29, 0.717) is 11.4 Å². The van der Waals surface area contributed by atoms with Crippen LogP contribution in [0, 0.1) is 5.82 Å². The van der Waals surface area contributed by atoms with E-state index < -0.39 is 5.97 Å². The van der Waals surface area contributed by atoms with Gasteiger partial charge in [0.25, 0.3) is 0 Å². The first-order valence-corrected chi connectivity index (χ1v) is 6.74. The average Bonchev–Trinajstić information content (AvgIpc) is 3.08. The summed E-state index contributed by atoms with van der Waals surface area (Å²) in [4.78, 5) is 11.4. The monoisotopic (exact) mass is 274 g/mol. The highest BCUT2D eigenvalue weighted by molar-refractivity contribution is 5.89. The van der Waals surface area contributed by atoms with Crippen LogP contribution in [-0.4, -0.2) is 20.9 Å². The summed E-state index contributed by atoms with van der Waals surface area (Å²) in [5.74, 6) is -1.06. The van der Waals surface area contributed by atoms with Crippen molar-refractivity contribution in [3.05, 3.63) is 47.5 Å². The second-order valence-electron chi connectivity index (χ2n) is 5.14. The van der Waals surface area contributed by atoms with Gasteiger partial charge in [0.05, 0.1) is 11.4 Å². The molecular weight excluding hydrogens is 259 g/mol. The van der Waals surface area contributed by atoms with Crippen molar-refractivity contribution in [1.29, 1.82) is 0 Å². The summed E-state index contributed by atoms with van der Waals surface area (Å²) in [5, 5.41) is 13.7. The Morgan fingerprint density at radius 3 is 2.50 bits per heavy atom. The Hall–Kier alpha value is -2.17. The van der Waals surface area contributed by atoms with Crippen molar-refractivity contribution in [2.75, 3.05) is 0 Å². The number of carboxylic acids is 1. The Balaban J connectivity index is 2.02. The molecule has 1 aromatic heterocycles. The van der Waals surface area contributed by atoms with E-state index in [2.05, 4.69) is 5.10 Å². The van der Waals surface area contributed by atoms with Gasteiger partial charge in [0.2, 0.25) is 0 Å². The molecule has 104 valence electrons. The van der Waals surface area contributed by atoms with Crippen LogP contribution < -0.4 is 0 Å². The highest BCUT2D eigenvalue weighted by Crippen LogP contribution is 2.35. The van der Waals surface area contributed by atoms with Gasteiger partial charge in [-0.05, 0) is 37.1 Å². The maximum atomic E-state index is 12.9. The van der Waals surface area contributed by atoms with Gasteiger partial charge in [0.15, 0.2) is 0 Å². The van der Waals surface area contributed by atoms with Crippen LogP contribution in [0.4, 0.5) is 4.39 Å². The predicted molar refractivity (Wildman–Crippen MR) is 71.7 cm³/mol. The summed E-state index contributed by atoms with van der Waals surface area (Å²) < 4.78 is 14.5. The van der Waals surface area contributed by atoms with E-state index in [-0.39, 0.29) is 17.3 Å². The molecule has 1 heterocycles. The number of benzene rings is 1. The molecule has 0 saturated heterocycles. The standard InChI is InChI=1S/C15H15FN2O2/c16-11-5-7-12(8-6-11)18-9-13(15(19)20)14(17-18)10-3-1-2-4-10/h5-10H,1-4H2,(H,19,20). The zero-order chi connectivity index (χ0) is 14.1. The smallest absolute Gasteiger partial charge is 0.339 e. The minimum Gasteiger partial charge on any atom is -0.478 e. The fourth-order valence-electron chi connectivity index (χ4n) is 2.78. The topological polar surface area (TPSA) is 55.1 Å². The number of hydrogen-bond acceptors (Lipinski definition) is 2. The molecular formula is C15H15FN2O2. The minimum absolute atomic E-state index is 0.225. The molecule has 3 rings (SSSR count). The van der Waals surface area contributed by atoms with Crippen LogP contribution in [0.5, 0.6) is 0 Å². The van der Waals surface area contributed by atoms with Crippen molar-refractivity contribution in [2.45, 2.75) is 31.6 Å². The van der Waals surface area contributed by atoms with Gasteiger partial charge in [0, 0.05) is 12.1 Å².